The third-order valence-corrected chi connectivity index (χ3v) is 3.26. The van der Waals surface area contributed by atoms with Gasteiger partial charge in [-0.15, -0.1) is 11.6 Å². The Morgan fingerprint density at radius 1 is 1.50 bits per heavy atom. The van der Waals surface area contributed by atoms with Crippen molar-refractivity contribution in [2.24, 2.45) is 0 Å². The molecule has 5 heteroatoms. The number of hydrogen-bond donors (Lipinski definition) is 0. The van der Waals surface area contributed by atoms with Crippen molar-refractivity contribution < 1.29 is 9.53 Å². The van der Waals surface area contributed by atoms with Crippen LogP contribution in [-0.4, -0.2) is 34.6 Å². The zero-order valence-electron chi connectivity index (χ0n) is 11.3. The van der Waals surface area contributed by atoms with Crippen LogP contribution in [0.1, 0.15) is 46.5 Å². The molecule has 0 aromatic carbocycles. The van der Waals surface area contributed by atoms with E-state index in [1.807, 2.05) is 20.8 Å². The Kier molecular flexibility index (Phi) is 4.86. The van der Waals surface area contributed by atoms with Crippen molar-refractivity contribution in [3.05, 3.63) is 0 Å². The van der Waals surface area contributed by atoms with Gasteiger partial charge in [-0.1, -0.05) is 0 Å². The van der Waals surface area contributed by atoms with E-state index >= 15 is 0 Å². The van der Waals surface area contributed by atoms with E-state index in [2.05, 4.69) is 6.07 Å². The number of halogens is 1. The molecular weight excluding hydrogens is 252 g/mol. The first-order valence-corrected chi connectivity index (χ1v) is 6.86. The van der Waals surface area contributed by atoms with Gasteiger partial charge in [-0.05, 0) is 46.5 Å². The van der Waals surface area contributed by atoms with Crippen LogP contribution in [0.25, 0.3) is 0 Å². The second-order valence-electron chi connectivity index (χ2n) is 5.67. The van der Waals surface area contributed by atoms with Gasteiger partial charge in [-0.3, -0.25) is 4.90 Å². The zero-order valence-corrected chi connectivity index (χ0v) is 12.1. The Morgan fingerprint density at radius 2 is 2.17 bits per heavy atom. The highest BCUT2D eigenvalue weighted by atomic mass is 35.5. The molecule has 0 saturated carbocycles. The fourth-order valence-electron chi connectivity index (χ4n) is 2.21. The fourth-order valence-corrected chi connectivity index (χ4v) is 2.52. The Hall–Kier alpha value is -0.950. The number of carbonyl (C=O) groups excluding carboxylic acids is 1. The molecule has 1 amide bonds. The van der Waals surface area contributed by atoms with E-state index in [4.69, 9.17) is 16.3 Å². The number of hydrogen-bond acceptors (Lipinski definition) is 3. The lowest BCUT2D eigenvalue weighted by Crippen LogP contribution is -2.55. The summed E-state index contributed by atoms with van der Waals surface area (Å²) >= 11 is 5.78. The average molecular weight is 273 g/mol. The number of amides is 1. The van der Waals surface area contributed by atoms with Crippen molar-refractivity contribution >= 4 is 17.7 Å². The number of nitrogens with zero attached hydrogens (tertiary/aromatic N) is 2. The molecule has 0 aromatic heterocycles. The van der Waals surface area contributed by atoms with Gasteiger partial charge in [-0.25, -0.2) is 4.79 Å². The van der Waals surface area contributed by atoms with Crippen molar-refractivity contribution in [2.75, 3.05) is 12.4 Å². The summed E-state index contributed by atoms with van der Waals surface area (Å²) < 4.78 is 5.37. The van der Waals surface area contributed by atoms with Crippen LogP contribution >= 0.6 is 11.6 Å². The summed E-state index contributed by atoms with van der Waals surface area (Å²) in [5, 5.41) is 9.43. The van der Waals surface area contributed by atoms with Crippen molar-refractivity contribution in [1.82, 2.24) is 4.90 Å². The van der Waals surface area contributed by atoms with E-state index in [-0.39, 0.29) is 0 Å². The highest BCUT2D eigenvalue weighted by Gasteiger charge is 2.43. The van der Waals surface area contributed by atoms with E-state index in [0.29, 0.717) is 25.3 Å². The summed E-state index contributed by atoms with van der Waals surface area (Å²) in [6, 6.07) is 2.28. The van der Waals surface area contributed by atoms with Crippen molar-refractivity contribution in [3.63, 3.8) is 0 Å². The molecule has 1 saturated heterocycles. The lowest BCUT2D eigenvalue weighted by molar-refractivity contribution is -0.00298. The molecule has 1 aliphatic heterocycles. The summed E-state index contributed by atoms with van der Waals surface area (Å²) in [7, 11) is 0. The largest absolute Gasteiger partial charge is 0.444 e. The summed E-state index contributed by atoms with van der Waals surface area (Å²) in [5.41, 5.74) is -1.33. The van der Waals surface area contributed by atoms with Gasteiger partial charge in [0.15, 0.2) is 0 Å². The molecule has 0 spiro atoms. The maximum Gasteiger partial charge on any atom is 0.411 e. The minimum Gasteiger partial charge on any atom is -0.444 e. The Bertz CT molecular complexity index is 342. The standard InChI is InChI=1S/C13H21ClN2O2/c1-12(2,3)18-11(17)16-9-5-4-6-13(16,10-15)7-8-14/h4-9H2,1-3H3/t13-/m0/s1. The predicted molar refractivity (Wildman–Crippen MR) is 70.5 cm³/mol. The van der Waals surface area contributed by atoms with E-state index in [0.717, 1.165) is 12.8 Å². The van der Waals surface area contributed by atoms with Crippen molar-refractivity contribution in [1.29, 1.82) is 5.26 Å². The molecule has 0 aliphatic carbocycles. The number of carbonyl (C=O) groups is 1. The van der Waals surface area contributed by atoms with Crippen molar-refractivity contribution in [2.45, 2.75) is 57.6 Å². The van der Waals surface area contributed by atoms with E-state index in [1.54, 1.807) is 4.90 Å². The van der Waals surface area contributed by atoms with Gasteiger partial charge in [0, 0.05) is 12.4 Å². The third kappa shape index (κ3) is 3.52. The monoisotopic (exact) mass is 272 g/mol. The molecule has 1 fully saturated rings. The molecule has 0 unspecified atom stereocenters. The summed E-state index contributed by atoms with van der Waals surface area (Å²) in [6.45, 7) is 6.04. The minimum absolute atomic E-state index is 0.368. The Morgan fingerprint density at radius 3 is 2.67 bits per heavy atom. The second kappa shape index (κ2) is 5.79. The summed E-state index contributed by atoms with van der Waals surface area (Å²) in [5.74, 6) is 0.368. The molecule has 0 bridgehead atoms. The minimum atomic E-state index is -0.789. The van der Waals surface area contributed by atoms with E-state index in [1.165, 1.54) is 0 Å². The lowest BCUT2D eigenvalue weighted by Gasteiger charge is -2.42. The van der Waals surface area contributed by atoms with Gasteiger partial charge >= 0.3 is 6.09 Å². The molecule has 0 radical (unpaired) electrons. The maximum atomic E-state index is 12.2. The summed E-state index contributed by atoms with van der Waals surface area (Å²) in [4.78, 5) is 13.7. The smallest absolute Gasteiger partial charge is 0.411 e. The number of alkyl halides is 1. The van der Waals surface area contributed by atoms with Crippen LogP contribution in [0, 0.1) is 11.3 Å². The van der Waals surface area contributed by atoms with Gasteiger partial charge in [0.1, 0.15) is 11.1 Å². The van der Waals surface area contributed by atoms with Gasteiger partial charge in [0.05, 0.1) is 6.07 Å². The number of ether oxygens (including phenoxy) is 1. The van der Waals surface area contributed by atoms with Crippen LogP contribution in [-0.2, 0) is 4.74 Å². The van der Waals surface area contributed by atoms with Crippen LogP contribution in [0.4, 0.5) is 4.79 Å². The number of nitriles is 1. The molecule has 1 atom stereocenters. The van der Waals surface area contributed by atoms with Gasteiger partial charge < -0.3 is 4.74 Å². The molecule has 0 N–H and O–H groups in total. The third-order valence-electron chi connectivity index (χ3n) is 3.07. The topological polar surface area (TPSA) is 53.3 Å². The maximum absolute atomic E-state index is 12.2. The van der Waals surface area contributed by atoms with Gasteiger partial charge in [0.2, 0.25) is 0 Å². The first kappa shape index (κ1) is 15.1. The van der Waals surface area contributed by atoms with Crippen LogP contribution in [0.5, 0.6) is 0 Å². The number of likely N-dealkylation sites (tertiary alicyclic amines) is 1. The predicted octanol–water partition coefficient (Wildman–Crippen LogP) is 3.30. The normalized spacial score (nSPS) is 24.5. The lowest BCUT2D eigenvalue weighted by atomic mass is 9.86. The van der Waals surface area contributed by atoms with Gasteiger partial charge in [0.25, 0.3) is 0 Å². The van der Waals surface area contributed by atoms with Crippen LogP contribution in [0.2, 0.25) is 0 Å². The molecule has 18 heavy (non-hydrogen) atoms. The van der Waals surface area contributed by atoms with E-state index in [9.17, 15) is 10.1 Å². The number of piperidine rings is 1. The SMILES string of the molecule is CC(C)(C)OC(=O)N1CCCC[C@@]1(C#N)CCCl. The van der Waals surface area contributed by atoms with Crippen LogP contribution in [0.15, 0.2) is 0 Å². The molecule has 4 nitrogen and oxygen atoms in total. The van der Waals surface area contributed by atoms with Crippen LogP contribution in [0.3, 0.4) is 0 Å². The molecule has 0 aromatic rings. The highest BCUT2D eigenvalue weighted by Crippen LogP contribution is 2.32. The first-order valence-electron chi connectivity index (χ1n) is 6.32. The molecule has 1 aliphatic rings. The van der Waals surface area contributed by atoms with Gasteiger partial charge in [-0.2, -0.15) is 5.26 Å². The molecule has 1 rings (SSSR count). The average Bonchev–Trinajstić information content (AvgIpc) is 2.27. The first-order chi connectivity index (χ1) is 8.34. The quantitative estimate of drug-likeness (QED) is 0.725. The second-order valence-corrected chi connectivity index (χ2v) is 6.05. The Balaban J connectivity index is 2.88. The molecule has 102 valence electrons. The molecular formula is C13H21ClN2O2. The number of rotatable bonds is 2. The summed E-state index contributed by atoms with van der Waals surface area (Å²) in [6.07, 6.45) is 2.61. The van der Waals surface area contributed by atoms with Crippen molar-refractivity contribution in [3.8, 4) is 6.07 Å². The zero-order chi connectivity index (χ0) is 13.8. The van der Waals surface area contributed by atoms with Crippen LogP contribution < -0.4 is 0 Å². The van der Waals surface area contributed by atoms with E-state index < -0.39 is 17.2 Å². The fraction of sp³-hybridized carbons (Fsp3) is 0.846. The Labute approximate surface area is 114 Å². The highest BCUT2D eigenvalue weighted by molar-refractivity contribution is 6.17. The molecule has 1 heterocycles.